The number of amides is 1. The summed E-state index contributed by atoms with van der Waals surface area (Å²) in [6.45, 7) is 2.41. The molecule has 0 fully saturated rings. The summed E-state index contributed by atoms with van der Waals surface area (Å²) in [4.78, 5) is 24.5. The van der Waals surface area contributed by atoms with Gasteiger partial charge in [0, 0.05) is 22.9 Å². The van der Waals surface area contributed by atoms with Gasteiger partial charge in [-0.3, -0.25) is 4.79 Å². The first kappa shape index (κ1) is 20.2. The van der Waals surface area contributed by atoms with Crippen LogP contribution in [0, 0.1) is 0 Å². The van der Waals surface area contributed by atoms with Gasteiger partial charge in [-0.25, -0.2) is 9.97 Å². The smallest absolute Gasteiger partial charge is 0.264 e. The molecule has 0 atom stereocenters. The van der Waals surface area contributed by atoms with Crippen LogP contribution in [0.5, 0.6) is 5.88 Å². The molecule has 0 saturated heterocycles. The van der Waals surface area contributed by atoms with E-state index in [1.54, 1.807) is 4.90 Å². The lowest BCUT2D eigenvalue weighted by atomic mass is 10.1. The average molecular weight is 440 g/mol. The molecule has 6 heteroatoms. The van der Waals surface area contributed by atoms with Crippen molar-refractivity contribution in [3.63, 3.8) is 0 Å². The number of nitrogens with zero attached hydrogens (tertiary/aromatic N) is 3. The average Bonchev–Trinajstić information content (AvgIpc) is 3.29. The van der Waals surface area contributed by atoms with Gasteiger partial charge in [-0.15, -0.1) is 11.3 Å². The summed E-state index contributed by atoms with van der Waals surface area (Å²) in [5.41, 5.74) is 2.96. The third kappa shape index (κ3) is 3.69. The summed E-state index contributed by atoms with van der Waals surface area (Å²) in [5.74, 6) is 0.310. The Morgan fingerprint density at radius 3 is 2.59 bits per heavy atom. The second-order valence-corrected chi connectivity index (χ2v) is 8.16. The first-order valence-corrected chi connectivity index (χ1v) is 11.3. The molecule has 5 rings (SSSR count). The van der Waals surface area contributed by atoms with E-state index in [1.807, 2.05) is 79.7 Å². The summed E-state index contributed by atoms with van der Waals surface area (Å²) in [6, 6.07) is 24.1. The van der Waals surface area contributed by atoms with Gasteiger partial charge in [0.2, 0.25) is 5.88 Å². The van der Waals surface area contributed by atoms with E-state index < -0.39 is 0 Å². The number of carbonyl (C=O) groups excluding carboxylic acids is 1. The van der Waals surface area contributed by atoms with Crippen molar-refractivity contribution < 1.29 is 9.53 Å². The monoisotopic (exact) mass is 439 g/mol. The van der Waals surface area contributed by atoms with Crippen molar-refractivity contribution in [2.45, 2.75) is 6.92 Å². The van der Waals surface area contributed by atoms with Gasteiger partial charge in [-0.05, 0) is 23.9 Å². The molecule has 0 aliphatic rings. The minimum atomic E-state index is -0.118. The van der Waals surface area contributed by atoms with E-state index in [9.17, 15) is 4.79 Å². The van der Waals surface area contributed by atoms with Crippen molar-refractivity contribution in [2.24, 2.45) is 0 Å². The Labute approximate surface area is 189 Å². The topological polar surface area (TPSA) is 55.3 Å². The lowest BCUT2D eigenvalue weighted by Gasteiger charge is -2.23. The van der Waals surface area contributed by atoms with Crippen molar-refractivity contribution in [3.05, 3.63) is 84.5 Å². The predicted octanol–water partition coefficient (Wildman–Crippen LogP) is 5.94. The molecule has 2 aromatic heterocycles. The molecular formula is C26H21N3O2S. The lowest BCUT2D eigenvalue weighted by molar-refractivity contribution is -0.120. The summed E-state index contributed by atoms with van der Waals surface area (Å²) in [6.07, 6.45) is 1.48. The standard InChI is InChI=1S/C26H21N3O2S/c1-2-29(22-14-8-12-18-11-6-7-13-20(18)22)23(30)15-31-25-24-21(19-9-4-3-5-10-19)16-32-26(24)28-17-27-25/h3-14,16-17H,2,15H2,1H3. The molecule has 0 aliphatic carbocycles. The van der Waals surface area contributed by atoms with Crippen LogP contribution in [0.1, 0.15) is 6.92 Å². The molecule has 1 amide bonds. The fraction of sp³-hybridized carbons (Fsp3) is 0.115. The molecule has 0 bridgehead atoms. The number of rotatable bonds is 6. The van der Waals surface area contributed by atoms with E-state index in [0.717, 1.165) is 37.8 Å². The fourth-order valence-electron chi connectivity index (χ4n) is 3.92. The number of thiophene rings is 1. The van der Waals surface area contributed by atoms with Gasteiger partial charge in [-0.2, -0.15) is 0 Å². The first-order valence-electron chi connectivity index (χ1n) is 10.4. The quantitative estimate of drug-likeness (QED) is 0.328. The Kier molecular flexibility index (Phi) is 5.52. The molecule has 2 heterocycles. The highest BCUT2D eigenvalue weighted by Gasteiger charge is 2.19. The van der Waals surface area contributed by atoms with Crippen LogP contribution in [0.3, 0.4) is 0 Å². The maximum atomic E-state index is 13.2. The molecule has 158 valence electrons. The van der Waals surface area contributed by atoms with E-state index in [2.05, 4.69) is 15.3 Å². The van der Waals surface area contributed by atoms with E-state index in [0.29, 0.717) is 12.4 Å². The highest BCUT2D eigenvalue weighted by molar-refractivity contribution is 7.17. The van der Waals surface area contributed by atoms with Crippen molar-refractivity contribution in [2.75, 3.05) is 18.1 Å². The molecule has 0 N–H and O–H groups in total. The zero-order chi connectivity index (χ0) is 21.9. The number of fused-ring (bicyclic) bond motifs is 2. The SMILES string of the molecule is CCN(C(=O)COc1ncnc2scc(-c3ccccc3)c12)c1cccc2ccccc12. The van der Waals surface area contributed by atoms with Crippen molar-refractivity contribution >= 4 is 43.9 Å². The Balaban J connectivity index is 1.44. The van der Waals surface area contributed by atoms with E-state index in [-0.39, 0.29) is 12.5 Å². The van der Waals surface area contributed by atoms with Gasteiger partial charge in [0.25, 0.3) is 5.91 Å². The van der Waals surface area contributed by atoms with Gasteiger partial charge in [0.05, 0.1) is 11.1 Å². The van der Waals surface area contributed by atoms with Crippen LogP contribution in [0.2, 0.25) is 0 Å². The molecule has 5 aromatic rings. The number of likely N-dealkylation sites (N-methyl/N-ethyl adjacent to an activating group) is 1. The van der Waals surface area contributed by atoms with E-state index in [4.69, 9.17) is 4.74 Å². The Morgan fingerprint density at radius 2 is 1.75 bits per heavy atom. The number of aromatic nitrogens is 2. The molecular weight excluding hydrogens is 418 g/mol. The van der Waals surface area contributed by atoms with Gasteiger partial charge in [0.1, 0.15) is 11.2 Å². The minimum absolute atomic E-state index is 0.104. The van der Waals surface area contributed by atoms with Gasteiger partial charge < -0.3 is 9.64 Å². The van der Waals surface area contributed by atoms with E-state index >= 15 is 0 Å². The molecule has 32 heavy (non-hydrogen) atoms. The summed E-state index contributed by atoms with van der Waals surface area (Å²) >= 11 is 1.54. The Bertz CT molecular complexity index is 1390. The lowest BCUT2D eigenvalue weighted by Crippen LogP contribution is -2.35. The first-order chi connectivity index (χ1) is 15.8. The maximum Gasteiger partial charge on any atom is 0.264 e. The molecule has 3 aromatic carbocycles. The fourth-order valence-corrected chi connectivity index (χ4v) is 4.83. The molecule has 5 nitrogen and oxygen atoms in total. The molecule has 0 unspecified atom stereocenters. The third-order valence-electron chi connectivity index (χ3n) is 5.43. The summed E-state index contributed by atoms with van der Waals surface area (Å²) in [5, 5.41) is 5.03. The van der Waals surface area contributed by atoms with Crippen LogP contribution in [0.4, 0.5) is 5.69 Å². The van der Waals surface area contributed by atoms with Gasteiger partial charge in [-0.1, -0.05) is 66.7 Å². The Morgan fingerprint density at radius 1 is 0.969 bits per heavy atom. The van der Waals surface area contributed by atoms with Crippen molar-refractivity contribution in [1.82, 2.24) is 9.97 Å². The van der Waals surface area contributed by atoms with Gasteiger partial charge >= 0.3 is 0 Å². The second-order valence-electron chi connectivity index (χ2n) is 7.30. The van der Waals surface area contributed by atoms with Crippen LogP contribution < -0.4 is 9.64 Å². The summed E-state index contributed by atoms with van der Waals surface area (Å²) in [7, 11) is 0. The maximum absolute atomic E-state index is 13.2. The van der Waals surface area contributed by atoms with E-state index in [1.165, 1.54) is 17.7 Å². The predicted molar refractivity (Wildman–Crippen MR) is 130 cm³/mol. The van der Waals surface area contributed by atoms with Gasteiger partial charge in [0.15, 0.2) is 6.61 Å². The van der Waals surface area contributed by atoms with Crippen LogP contribution in [0.15, 0.2) is 84.5 Å². The number of carbonyl (C=O) groups is 1. The number of hydrogen-bond acceptors (Lipinski definition) is 5. The number of ether oxygens (including phenoxy) is 1. The Hall–Kier alpha value is -3.77. The van der Waals surface area contributed by atoms with Crippen LogP contribution in [0.25, 0.3) is 32.1 Å². The van der Waals surface area contributed by atoms with Crippen LogP contribution in [-0.4, -0.2) is 29.0 Å². The number of benzene rings is 3. The van der Waals surface area contributed by atoms with Crippen molar-refractivity contribution in [3.8, 4) is 17.0 Å². The zero-order valence-electron chi connectivity index (χ0n) is 17.6. The van der Waals surface area contributed by atoms with Crippen LogP contribution in [-0.2, 0) is 4.79 Å². The zero-order valence-corrected chi connectivity index (χ0v) is 18.4. The second kappa shape index (κ2) is 8.77. The number of anilines is 1. The van der Waals surface area contributed by atoms with Crippen molar-refractivity contribution in [1.29, 1.82) is 0 Å². The largest absolute Gasteiger partial charge is 0.467 e. The molecule has 0 radical (unpaired) electrons. The highest BCUT2D eigenvalue weighted by atomic mass is 32.1. The van der Waals surface area contributed by atoms with Crippen LogP contribution >= 0.6 is 11.3 Å². The summed E-state index contributed by atoms with van der Waals surface area (Å²) < 4.78 is 5.98. The minimum Gasteiger partial charge on any atom is -0.467 e. The molecule has 0 spiro atoms. The number of hydrogen-bond donors (Lipinski definition) is 0. The molecule has 0 saturated carbocycles. The molecule has 0 aliphatic heterocycles. The normalized spacial score (nSPS) is 11.0. The highest BCUT2D eigenvalue weighted by Crippen LogP contribution is 2.37. The third-order valence-corrected chi connectivity index (χ3v) is 6.31.